The summed E-state index contributed by atoms with van der Waals surface area (Å²) in [5.41, 5.74) is 1.02. The van der Waals surface area contributed by atoms with Crippen molar-refractivity contribution in [2.24, 2.45) is 0 Å². The number of carbonyl (C=O) groups is 1. The summed E-state index contributed by atoms with van der Waals surface area (Å²) in [6, 6.07) is 28.2. The molecule has 0 heterocycles. The average Bonchev–Trinajstić information content (AvgIpc) is 2.68. The zero-order valence-electron chi connectivity index (χ0n) is 13.8. The quantitative estimate of drug-likeness (QED) is 0.694. The lowest BCUT2D eigenvalue weighted by molar-refractivity contribution is -0.118. The van der Waals surface area contributed by atoms with Crippen LogP contribution in [0.2, 0.25) is 0 Å². The second-order valence-corrected chi connectivity index (χ2v) is 8.66. The third kappa shape index (κ3) is 4.26. The van der Waals surface area contributed by atoms with Crippen LogP contribution >= 0.6 is 7.14 Å². The molecule has 0 unspecified atom stereocenters. The van der Waals surface area contributed by atoms with E-state index in [0.717, 1.165) is 5.56 Å². The molecule has 4 heteroatoms. The van der Waals surface area contributed by atoms with Gasteiger partial charge in [-0.25, -0.2) is 0 Å². The van der Waals surface area contributed by atoms with E-state index in [-0.39, 0.29) is 12.1 Å². The SMILES string of the molecule is O=C(CP(=O)(c1ccccc1)c1ccccc1)NCc1ccccc1. The lowest BCUT2D eigenvalue weighted by atomic mass is 10.2. The first-order valence-corrected chi connectivity index (χ1v) is 10.1. The molecule has 3 rings (SSSR count). The van der Waals surface area contributed by atoms with Crippen LogP contribution in [0.15, 0.2) is 91.0 Å². The van der Waals surface area contributed by atoms with Crippen molar-refractivity contribution >= 4 is 23.7 Å². The van der Waals surface area contributed by atoms with Crippen molar-refractivity contribution in [1.82, 2.24) is 5.32 Å². The minimum Gasteiger partial charge on any atom is -0.352 e. The molecule has 3 aromatic rings. The Balaban J connectivity index is 1.81. The van der Waals surface area contributed by atoms with Gasteiger partial charge in [-0.3, -0.25) is 4.79 Å². The minimum absolute atomic E-state index is 0.0339. The summed E-state index contributed by atoms with van der Waals surface area (Å²) in [6.45, 7) is 0.434. The van der Waals surface area contributed by atoms with Crippen LogP contribution in [0.25, 0.3) is 0 Å². The third-order valence-corrected chi connectivity index (χ3v) is 7.04. The summed E-state index contributed by atoms with van der Waals surface area (Å²) in [4.78, 5) is 12.5. The molecule has 0 aliphatic carbocycles. The number of hydrogen-bond donors (Lipinski definition) is 1. The van der Waals surface area contributed by atoms with Crippen LogP contribution in [0.5, 0.6) is 0 Å². The van der Waals surface area contributed by atoms with E-state index in [1.807, 2.05) is 91.0 Å². The fourth-order valence-corrected chi connectivity index (χ4v) is 5.21. The fourth-order valence-electron chi connectivity index (χ4n) is 2.72. The molecule has 126 valence electrons. The molecule has 0 spiro atoms. The molecular weight excluding hydrogens is 329 g/mol. The summed E-state index contributed by atoms with van der Waals surface area (Å²) in [5.74, 6) is -0.208. The van der Waals surface area contributed by atoms with Crippen LogP contribution in [0.1, 0.15) is 5.56 Å². The zero-order chi connectivity index (χ0) is 17.5. The molecule has 0 bridgehead atoms. The van der Waals surface area contributed by atoms with Gasteiger partial charge >= 0.3 is 0 Å². The standard InChI is InChI=1S/C21H20NO2P/c23-21(22-16-18-10-4-1-5-11-18)17-25(24,19-12-6-2-7-13-19)20-14-8-3-9-15-20/h1-15H,16-17H2,(H,22,23). The van der Waals surface area contributed by atoms with Gasteiger partial charge in [0.1, 0.15) is 0 Å². The predicted octanol–water partition coefficient (Wildman–Crippen LogP) is 3.32. The molecule has 1 amide bonds. The molecule has 0 fully saturated rings. The Bertz CT molecular complexity index is 821. The van der Waals surface area contributed by atoms with E-state index in [2.05, 4.69) is 5.32 Å². The van der Waals surface area contributed by atoms with Crippen LogP contribution < -0.4 is 15.9 Å². The topological polar surface area (TPSA) is 46.2 Å². The Hall–Kier alpha value is -2.64. The molecule has 25 heavy (non-hydrogen) atoms. The van der Waals surface area contributed by atoms with Gasteiger partial charge in [-0.05, 0) is 5.56 Å². The van der Waals surface area contributed by atoms with Crippen molar-refractivity contribution in [3.05, 3.63) is 96.6 Å². The van der Waals surface area contributed by atoms with Gasteiger partial charge in [0, 0.05) is 17.2 Å². The molecule has 0 aliphatic heterocycles. The molecule has 0 atom stereocenters. The summed E-state index contributed by atoms with van der Waals surface area (Å²) < 4.78 is 13.8. The molecule has 3 nitrogen and oxygen atoms in total. The molecule has 3 aromatic carbocycles. The van der Waals surface area contributed by atoms with E-state index in [0.29, 0.717) is 17.2 Å². The maximum absolute atomic E-state index is 13.8. The Morgan fingerprint density at radius 1 is 0.720 bits per heavy atom. The van der Waals surface area contributed by atoms with E-state index in [1.165, 1.54) is 0 Å². The van der Waals surface area contributed by atoms with Crippen LogP contribution in [-0.4, -0.2) is 12.1 Å². The second-order valence-electron chi connectivity index (χ2n) is 5.83. The van der Waals surface area contributed by atoms with Crippen LogP contribution in [-0.2, 0) is 15.9 Å². The first kappa shape index (κ1) is 17.2. The molecule has 1 N–H and O–H groups in total. The smallest absolute Gasteiger partial charge is 0.228 e. The van der Waals surface area contributed by atoms with Crippen molar-refractivity contribution in [3.8, 4) is 0 Å². The number of amides is 1. The van der Waals surface area contributed by atoms with Gasteiger partial charge in [0.05, 0.1) is 6.16 Å². The second kappa shape index (κ2) is 7.96. The van der Waals surface area contributed by atoms with Gasteiger partial charge in [0.15, 0.2) is 7.14 Å². The van der Waals surface area contributed by atoms with E-state index in [9.17, 15) is 9.36 Å². The van der Waals surface area contributed by atoms with E-state index >= 15 is 0 Å². The Labute approximate surface area is 148 Å². The molecule has 0 saturated carbocycles. The highest BCUT2D eigenvalue weighted by Gasteiger charge is 2.29. The monoisotopic (exact) mass is 349 g/mol. The van der Waals surface area contributed by atoms with Gasteiger partial charge in [-0.2, -0.15) is 0 Å². The lowest BCUT2D eigenvalue weighted by Crippen LogP contribution is -2.30. The Morgan fingerprint density at radius 3 is 1.64 bits per heavy atom. The highest BCUT2D eigenvalue weighted by Crippen LogP contribution is 2.42. The van der Waals surface area contributed by atoms with Crippen molar-refractivity contribution in [3.63, 3.8) is 0 Å². The number of carbonyl (C=O) groups excluding carboxylic acids is 1. The lowest BCUT2D eigenvalue weighted by Gasteiger charge is -2.19. The van der Waals surface area contributed by atoms with E-state index in [1.54, 1.807) is 0 Å². The highest BCUT2D eigenvalue weighted by molar-refractivity contribution is 7.79. The average molecular weight is 349 g/mol. The first-order chi connectivity index (χ1) is 12.2. The number of nitrogens with one attached hydrogen (secondary N) is 1. The zero-order valence-corrected chi connectivity index (χ0v) is 14.7. The maximum Gasteiger partial charge on any atom is 0.228 e. The van der Waals surface area contributed by atoms with Crippen molar-refractivity contribution in [2.45, 2.75) is 6.54 Å². The van der Waals surface area contributed by atoms with Gasteiger partial charge < -0.3 is 9.88 Å². The molecule has 0 saturated heterocycles. The van der Waals surface area contributed by atoms with Gasteiger partial charge in [0.2, 0.25) is 5.91 Å². The van der Waals surface area contributed by atoms with Crippen LogP contribution in [0.4, 0.5) is 0 Å². The summed E-state index contributed by atoms with van der Waals surface area (Å²) in [7, 11) is -3.01. The van der Waals surface area contributed by atoms with Crippen molar-refractivity contribution < 1.29 is 9.36 Å². The summed E-state index contributed by atoms with van der Waals surface area (Å²) in [5, 5.41) is 4.29. The van der Waals surface area contributed by atoms with Gasteiger partial charge in [-0.1, -0.05) is 91.0 Å². The number of hydrogen-bond acceptors (Lipinski definition) is 2. The van der Waals surface area contributed by atoms with Crippen LogP contribution in [0, 0.1) is 0 Å². The summed E-state index contributed by atoms with van der Waals surface area (Å²) in [6.07, 6.45) is -0.0339. The van der Waals surface area contributed by atoms with Crippen LogP contribution in [0.3, 0.4) is 0 Å². The number of benzene rings is 3. The highest BCUT2D eigenvalue weighted by atomic mass is 31.2. The normalized spacial score (nSPS) is 11.0. The Kier molecular flexibility index (Phi) is 5.47. The van der Waals surface area contributed by atoms with E-state index in [4.69, 9.17) is 0 Å². The predicted molar refractivity (Wildman–Crippen MR) is 103 cm³/mol. The van der Waals surface area contributed by atoms with Gasteiger partial charge in [-0.15, -0.1) is 0 Å². The molecule has 0 radical (unpaired) electrons. The molecule has 0 aromatic heterocycles. The van der Waals surface area contributed by atoms with Gasteiger partial charge in [0.25, 0.3) is 0 Å². The molecular formula is C21H20NO2P. The largest absolute Gasteiger partial charge is 0.352 e. The van der Waals surface area contributed by atoms with Crippen molar-refractivity contribution in [2.75, 3.05) is 6.16 Å². The summed E-state index contributed by atoms with van der Waals surface area (Å²) >= 11 is 0. The van der Waals surface area contributed by atoms with Crippen molar-refractivity contribution in [1.29, 1.82) is 0 Å². The minimum atomic E-state index is -3.01. The first-order valence-electron chi connectivity index (χ1n) is 8.19. The third-order valence-electron chi connectivity index (χ3n) is 4.05. The Morgan fingerprint density at radius 2 is 1.16 bits per heavy atom. The molecule has 0 aliphatic rings. The fraction of sp³-hybridized carbons (Fsp3) is 0.0952. The maximum atomic E-state index is 13.8. The van der Waals surface area contributed by atoms with E-state index < -0.39 is 7.14 Å². The number of rotatable bonds is 6.